The fraction of sp³-hybridized carbons (Fsp3) is 0.714. The van der Waals surface area contributed by atoms with E-state index in [0.717, 1.165) is 30.6 Å². The number of nitrogens with one attached hydrogen (secondary N) is 1. The average Bonchev–Trinajstić information content (AvgIpc) is 2.68. The molecule has 1 amide bonds. The third kappa shape index (κ3) is 5.07. The van der Waals surface area contributed by atoms with Crippen LogP contribution in [0.5, 0.6) is 0 Å². The number of aromatic nitrogens is 1. The van der Waals surface area contributed by atoms with E-state index in [0.29, 0.717) is 5.13 Å². The van der Waals surface area contributed by atoms with E-state index in [1.807, 2.05) is 0 Å². The first-order chi connectivity index (χ1) is 9.67. The van der Waals surface area contributed by atoms with Crippen LogP contribution in [0.2, 0.25) is 0 Å². The molecule has 1 saturated heterocycles. The van der Waals surface area contributed by atoms with Gasteiger partial charge in [0.2, 0.25) is 5.91 Å². The van der Waals surface area contributed by atoms with Crippen molar-refractivity contribution in [2.75, 3.05) is 24.2 Å². The summed E-state index contributed by atoms with van der Waals surface area (Å²) in [5.41, 5.74) is 1.07. The van der Waals surface area contributed by atoms with E-state index in [-0.39, 0.29) is 5.91 Å². The maximum Gasteiger partial charge on any atom is 0.223 e. The number of likely N-dealkylation sites (tertiary alicyclic amines) is 1. The van der Waals surface area contributed by atoms with Crippen molar-refractivity contribution in [3.05, 3.63) is 11.1 Å². The van der Waals surface area contributed by atoms with Crippen LogP contribution >= 0.6 is 23.1 Å². The normalized spacial score (nSPS) is 20.6. The zero-order valence-corrected chi connectivity index (χ0v) is 13.9. The molecule has 1 aromatic heterocycles. The van der Waals surface area contributed by atoms with Crippen LogP contribution < -0.4 is 5.32 Å². The first-order valence-electron chi connectivity index (χ1n) is 7.23. The van der Waals surface area contributed by atoms with Crippen LogP contribution in [0.15, 0.2) is 5.38 Å². The van der Waals surface area contributed by atoms with Crippen molar-refractivity contribution in [1.82, 2.24) is 9.88 Å². The molecule has 0 saturated carbocycles. The second-order valence-electron chi connectivity index (χ2n) is 5.13. The minimum absolute atomic E-state index is 0.0555. The molecule has 1 aromatic rings. The molecular weight excluding hydrogens is 290 g/mol. The number of rotatable bonds is 5. The molecule has 0 aromatic carbocycles. The van der Waals surface area contributed by atoms with E-state index in [1.165, 1.54) is 43.3 Å². The van der Waals surface area contributed by atoms with E-state index >= 15 is 0 Å². The Bertz CT molecular complexity index is 436. The molecule has 20 heavy (non-hydrogen) atoms. The lowest BCUT2D eigenvalue weighted by Gasteiger charge is -2.22. The molecule has 4 nitrogen and oxygen atoms in total. The minimum atomic E-state index is -0.0555. The molecule has 112 valence electrons. The van der Waals surface area contributed by atoms with Gasteiger partial charge in [0.25, 0.3) is 0 Å². The Balaban J connectivity index is 1.90. The van der Waals surface area contributed by atoms with Gasteiger partial charge >= 0.3 is 0 Å². The number of hydrogen-bond donors (Lipinski definition) is 1. The second kappa shape index (κ2) is 8.00. The van der Waals surface area contributed by atoms with Gasteiger partial charge in [0.15, 0.2) is 5.13 Å². The standard InChI is InChI=1S/C14H23N3OS2/c1-3-19-13-6-4-5-7-17(9-13)8-12-10-20-14(16-12)15-11(2)18/h10,13H,3-9H2,1-2H3,(H,15,16,18)/t13-/m0/s1. The van der Waals surface area contributed by atoms with Gasteiger partial charge in [0, 0.05) is 30.6 Å². The van der Waals surface area contributed by atoms with Gasteiger partial charge in [-0.15, -0.1) is 11.3 Å². The summed E-state index contributed by atoms with van der Waals surface area (Å²) in [6.45, 7) is 6.97. The summed E-state index contributed by atoms with van der Waals surface area (Å²) in [7, 11) is 0. The molecule has 6 heteroatoms. The van der Waals surface area contributed by atoms with Crippen LogP contribution in [0, 0.1) is 0 Å². The predicted octanol–water partition coefficient (Wildman–Crippen LogP) is 3.21. The molecule has 1 atom stereocenters. The number of nitrogens with zero attached hydrogens (tertiary/aromatic N) is 2. The second-order valence-corrected chi connectivity index (χ2v) is 7.57. The quantitative estimate of drug-likeness (QED) is 0.906. The van der Waals surface area contributed by atoms with E-state index in [2.05, 4.69) is 39.3 Å². The third-order valence-electron chi connectivity index (χ3n) is 3.33. The zero-order chi connectivity index (χ0) is 14.4. The van der Waals surface area contributed by atoms with E-state index in [9.17, 15) is 4.79 Å². The summed E-state index contributed by atoms with van der Waals surface area (Å²) in [6, 6.07) is 0. The average molecular weight is 313 g/mol. The van der Waals surface area contributed by atoms with Crippen LogP contribution in [0.1, 0.15) is 38.8 Å². The van der Waals surface area contributed by atoms with Crippen molar-refractivity contribution >= 4 is 34.1 Å². The summed E-state index contributed by atoms with van der Waals surface area (Å²) >= 11 is 3.58. The summed E-state index contributed by atoms with van der Waals surface area (Å²) in [4.78, 5) is 18.0. The molecule has 1 N–H and O–H groups in total. The van der Waals surface area contributed by atoms with Crippen molar-refractivity contribution in [3.8, 4) is 0 Å². The summed E-state index contributed by atoms with van der Waals surface area (Å²) < 4.78 is 0. The molecule has 2 heterocycles. The van der Waals surface area contributed by atoms with Crippen molar-refractivity contribution in [2.24, 2.45) is 0 Å². The van der Waals surface area contributed by atoms with E-state index in [1.54, 1.807) is 0 Å². The summed E-state index contributed by atoms with van der Waals surface area (Å²) in [6.07, 6.45) is 3.95. The molecule has 2 rings (SSSR count). The summed E-state index contributed by atoms with van der Waals surface area (Å²) in [5.74, 6) is 1.14. The Kier molecular flexibility index (Phi) is 6.32. The Morgan fingerprint density at radius 1 is 1.60 bits per heavy atom. The minimum Gasteiger partial charge on any atom is -0.302 e. The molecule has 1 fully saturated rings. The fourth-order valence-electron chi connectivity index (χ4n) is 2.51. The lowest BCUT2D eigenvalue weighted by molar-refractivity contribution is -0.114. The van der Waals surface area contributed by atoms with E-state index in [4.69, 9.17) is 0 Å². The number of thiazole rings is 1. The molecule has 1 aliphatic rings. The highest BCUT2D eigenvalue weighted by Gasteiger charge is 2.19. The van der Waals surface area contributed by atoms with Gasteiger partial charge in [-0.05, 0) is 25.1 Å². The van der Waals surface area contributed by atoms with Crippen molar-refractivity contribution in [3.63, 3.8) is 0 Å². The number of thioether (sulfide) groups is 1. The maximum absolute atomic E-state index is 11.0. The van der Waals surface area contributed by atoms with Gasteiger partial charge < -0.3 is 5.32 Å². The van der Waals surface area contributed by atoms with Gasteiger partial charge in [-0.3, -0.25) is 9.69 Å². The monoisotopic (exact) mass is 313 g/mol. The smallest absolute Gasteiger partial charge is 0.223 e. The van der Waals surface area contributed by atoms with Crippen LogP contribution in [0.3, 0.4) is 0 Å². The topological polar surface area (TPSA) is 45.2 Å². The van der Waals surface area contributed by atoms with Gasteiger partial charge in [0.1, 0.15) is 0 Å². The fourth-order valence-corrected chi connectivity index (χ4v) is 4.38. The van der Waals surface area contributed by atoms with Crippen molar-refractivity contribution in [1.29, 1.82) is 0 Å². The van der Waals surface area contributed by atoms with Crippen LogP contribution in [-0.4, -0.2) is 39.9 Å². The number of hydrogen-bond acceptors (Lipinski definition) is 5. The van der Waals surface area contributed by atoms with Crippen LogP contribution in [-0.2, 0) is 11.3 Å². The molecule has 0 unspecified atom stereocenters. The third-order valence-corrected chi connectivity index (χ3v) is 5.33. The zero-order valence-electron chi connectivity index (χ0n) is 12.2. The molecule has 0 bridgehead atoms. The first-order valence-corrected chi connectivity index (χ1v) is 9.16. The van der Waals surface area contributed by atoms with Gasteiger partial charge in [-0.2, -0.15) is 11.8 Å². The van der Waals surface area contributed by atoms with Crippen molar-refractivity contribution < 1.29 is 4.79 Å². The molecule has 0 spiro atoms. The van der Waals surface area contributed by atoms with Crippen molar-refractivity contribution in [2.45, 2.75) is 44.9 Å². The van der Waals surface area contributed by atoms with Crippen LogP contribution in [0.25, 0.3) is 0 Å². The molecule has 0 radical (unpaired) electrons. The van der Waals surface area contributed by atoms with Gasteiger partial charge in [-0.1, -0.05) is 13.3 Å². The SMILES string of the molecule is CCS[C@H]1CCCCN(Cc2csc(NC(C)=O)n2)C1. The Labute approximate surface area is 129 Å². The lowest BCUT2D eigenvalue weighted by Crippen LogP contribution is -2.29. The number of carbonyl (C=O) groups excluding carboxylic acids is 1. The number of carbonyl (C=O) groups is 1. The first kappa shape index (κ1) is 15.8. The Hall–Kier alpha value is -0.590. The number of anilines is 1. The highest BCUT2D eigenvalue weighted by molar-refractivity contribution is 7.99. The maximum atomic E-state index is 11.0. The highest BCUT2D eigenvalue weighted by atomic mass is 32.2. The Morgan fingerprint density at radius 2 is 2.45 bits per heavy atom. The largest absolute Gasteiger partial charge is 0.302 e. The molecular formula is C14H23N3OS2. The molecule has 0 aliphatic carbocycles. The Morgan fingerprint density at radius 3 is 3.20 bits per heavy atom. The summed E-state index contributed by atoms with van der Waals surface area (Å²) in [5, 5.41) is 6.27. The molecule has 1 aliphatic heterocycles. The highest BCUT2D eigenvalue weighted by Crippen LogP contribution is 2.24. The van der Waals surface area contributed by atoms with E-state index < -0.39 is 0 Å². The predicted molar refractivity (Wildman–Crippen MR) is 87.5 cm³/mol. The van der Waals surface area contributed by atoms with Gasteiger partial charge in [-0.25, -0.2) is 4.98 Å². The lowest BCUT2D eigenvalue weighted by atomic mass is 10.2. The van der Waals surface area contributed by atoms with Crippen LogP contribution in [0.4, 0.5) is 5.13 Å². The van der Waals surface area contributed by atoms with Gasteiger partial charge in [0.05, 0.1) is 5.69 Å². The number of amides is 1.